The first kappa shape index (κ1) is 111. The molecule has 0 amide bonds. The Morgan fingerprint density at radius 1 is 0.158 bits per heavy atom. The lowest BCUT2D eigenvalue weighted by Gasteiger charge is -2.22. The van der Waals surface area contributed by atoms with E-state index in [-0.39, 0.29) is 210 Å². The molecule has 0 unspecified atom stereocenters. The number of ether oxygens (including phenoxy) is 12. The number of carboxylic acid groups (broad SMARTS) is 12. The van der Waals surface area contributed by atoms with E-state index in [0.717, 1.165) is 72.8 Å². The molecule has 12 bridgehead atoms. The van der Waals surface area contributed by atoms with Crippen molar-refractivity contribution in [2.75, 3.05) is 79.3 Å². The van der Waals surface area contributed by atoms with Gasteiger partial charge in [-0.15, -0.1) is 0 Å². The average molecular weight is 1650 g/mol. The zero-order valence-electron chi connectivity index (χ0n) is 64.8. The van der Waals surface area contributed by atoms with Crippen molar-refractivity contribution >= 4 is 71.6 Å². The summed E-state index contributed by atoms with van der Waals surface area (Å²) in [6.07, 6.45) is -3.38. The number of hydrogen-bond donors (Lipinski definition) is 24. The van der Waals surface area contributed by atoms with Crippen LogP contribution in [0.1, 0.15) is 66.8 Å². The molecule has 6 aromatic carbocycles. The van der Waals surface area contributed by atoms with E-state index in [1.54, 1.807) is 0 Å². The van der Waals surface area contributed by atoms with Crippen LogP contribution in [-0.4, -0.2) is 212 Å². The van der Waals surface area contributed by atoms with E-state index < -0.39 is 189 Å². The van der Waals surface area contributed by atoms with Crippen molar-refractivity contribution in [2.24, 2.45) is 0 Å². The summed E-state index contributed by atoms with van der Waals surface area (Å²) in [4.78, 5) is 147. The molecule has 60 N–H and O–H groups in total. The minimum Gasteiger partial charge on any atom is -0.482 e. The van der Waals surface area contributed by atoms with Crippen molar-refractivity contribution in [3.63, 3.8) is 0 Å². The Kier molecular flexibility index (Phi) is 50.1. The maximum absolute atomic E-state index is 12.2. The maximum Gasteiger partial charge on any atom is 0.341 e. The van der Waals surface area contributed by atoms with Gasteiger partial charge in [-0.3, -0.25) is 0 Å². The number of rotatable bonds is 36. The highest BCUT2D eigenvalue weighted by atomic mass is 16.6. The third kappa shape index (κ3) is 33.5. The molecule has 0 spiro atoms. The van der Waals surface area contributed by atoms with Crippen LogP contribution in [0.3, 0.4) is 0 Å². The molecule has 0 radical (unpaired) electrons. The summed E-state index contributed by atoms with van der Waals surface area (Å²) in [5, 5.41) is 119. The minimum atomic E-state index is -1.55. The standard InChI is InChI=1S/C66H60O36.12H3N/c67-55(68)19-91-43-9-33-2-35-11-49(97-25-61(79)80)37(13-47(35)95-23-59(75)76)4-39-15-53(101-29-65(87)88)41(17-51(39)99-27-63(83)84)6-42-18-52(100-28-64(85)86)40(16-54(42)102-30-66(89)90)5-38-14-48(96-24-60(77)78)36(12-50(38)98-26-62(81)82)3-34-10-44(92-20-56(69)70)32(8-46(34)94-22-58(73)74)1-31(43)7-45(33)93-21-57(71)72;;;;;;;;;;;;/h7-18H,1-6,19-30H2,(H,67,68)(H,69,70)(H,71,72)(H,73,74)(H,75,76)(H,77,78)(H,79,80)(H,81,82)(H,83,84)(H,85,86)(H,87,88)(H,89,90);12*1H3/p+12. The minimum absolute atomic E-state index is 0. The van der Waals surface area contributed by atoms with E-state index in [0.29, 0.717) is 0 Å². The third-order valence-corrected chi connectivity index (χ3v) is 14.0. The van der Waals surface area contributed by atoms with Gasteiger partial charge in [-0.25, -0.2) is 57.5 Å². The number of quaternary nitrogens is 12. The van der Waals surface area contributed by atoms with E-state index in [1.165, 1.54) is 0 Å². The normalized spacial score (nSPS) is 10.3. The number of carboxylic acids is 12. The number of carbonyl (C=O) groups is 12. The van der Waals surface area contributed by atoms with Gasteiger partial charge in [0.2, 0.25) is 0 Å². The van der Waals surface area contributed by atoms with Crippen molar-refractivity contribution in [1.29, 1.82) is 0 Å². The predicted molar refractivity (Wildman–Crippen MR) is 405 cm³/mol. The summed E-state index contributed by atoms with van der Waals surface area (Å²) < 4.78 is 69.5. The van der Waals surface area contributed by atoms with Gasteiger partial charge in [0.1, 0.15) is 69.0 Å². The zero-order chi connectivity index (χ0) is 74.5. The van der Waals surface area contributed by atoms with Gasteiger partial charge in [0.05, 0.1) is 0 Å². The van der Waals surface area contributed by atoms with Crippen LogP contribution in [0.4, 0.5) is 0 Å². The van der Waals surface area contributed by atoms with E-state index in [2.05, 4.69) is 0 Å². The highest BCUT2D eigenvalue weighted by Gasteiger charge is 2.28. The fraction of sp³-hybridized carbons (Fsp3) is 0.273. The van der Waals surface area contributed by atoms with Gasteiger partial charge in [0.15, 0.2) is 79.3 Å². The molecule has 0 aromatic heterocycles. The summed E-state index contributed by atoms with van der Waals surface area (Å²) in [6, 6.07) is 13.9. The molecule has 48 heteroatoms. The lowest BCUT2D eigenvalue weighted by Crippen LogP contribution is -2.16. The van der Waals surface area contributed by atoms with Gasteiger partial charge in [-0.2, -0.15) is 0 Å². The van der Waals surface area contributed by atoms with E-state index in [1.807, 2.05) is 0 Å². The largest absolute Gasteiger partial charge is 0.482 e. The van der Waals surface area contributed by atoms with Crippen LogP contribution in [-0.2, 0) is 96.1 Å². The van der Waals surface area contributed by atoms with Crippen LogP contribution in [0.5, 0.6) is 69.0 Å². The Hall–Kier alpha value is -13.9. The summed E-state index contributed by atoms with van der Waals surface area (Å²) >= 11 is 0. The average Bonchev–Trinajstić information content (AvgIpc) is 0.789. The molecular weight excluding hydrogens is 1540 g/mol. The van der Waals surface area contributed by atoms with Gasteiger partial charge >= 0.3 is 71.6 Å². The smallest absolute Gasteiger partial charge is 0.341 e. The molecule has 6 aromatic rings. The van der Waals surface area contributed by atoms with Gasteiger partial charge in [-0.1, -0.05) is 0 Å². The Morgan fingerprint density at radius 2 is 0.219 bits per heavy atom. The molecule has 16 aliphatic carbocycles. The maximum atomic E-state index is 12.2. The van der Waals surface area contributed by atoms with Crippen molar-refractivity contribution in [2.45, 2.75) is 38.5 Å². The SMILES string of the molecule is O=C(O)COc1cc2c(OCC(=O)O)cc1Cc1cc(OCC(=O)O)c(cc1OCC(=O)O)Cc1cc(OCC(=O)O)c(cc1OCC(=O)O)Cc1cc(OCC(=O)O)c(cc1OCC(=O)O)Cc1cc(OCC(=O)O)c(cc1OCC(=O)O)Cc1cc(OCC(=O)O)c(cc1OCC(=O)O)C2.[NH4+].[NH4+].[NH4+].[NH4+].[NH4+].[NH4+].[NH4+].[NH4+].[NH4+].[NH4+].[NH4+].[NH4+]. The third-order valence-electron chi connectivity index (χ3n) is 14.0. The summed E-state index contributed by atoms with van der Waals surface area (Å²) in [5.74, 6) is -22.7. The second kappa shape index (κ2) is 51.5. The molecular formula is C66H108N12O36+12. The predicted octanol–water partition coefficient (Wildman–Crippen LogP) is 7.62. The fourth-order valence-electron chi connectivity index (χ4n) is 10.0. The second-order valence-corrected chi connectivity index (χ2v) is 21.7. The van der Waals surface area contributed by atoms with Gasteiger partial charge in [-0.05, 0) is 72.8 Å². The lowest BCUT2D eigenvalue weighted by molar-refractivity contribution is -0.140. The highest BCUT2D eigenvalue weighted by molar-refractivity contribution is 5.75. The number of aliphatic carboxylic acids is 12. The van der Waals surface area contributed by atoms with Gasteiger partial charge in [0.25, 0.3) is 0 Å². The first-order valence-electron chi connectivity index (χ1n) is 29.5. The molecule has 0 heterocycles. The van der Waals surface area contributed by atoms with Crippen LogP contribution < -0.4 is 131 Å². The first-order chi connectivity index (χ1) is 48.4. The van der Waals surface area contributed by atoms with Crippen LogP contribution in [0, 0.1) is 0 Å². The zero-order valence-corrected chi connectivity index (χ0v) is 64.8. The topological polar surface area (TPSA) is 996 Å². The Bertz CT molecular complexity index is 3360. The molecule has 0 fully saturated rings. The van der Waals surface area contributed by atoms with Gasteiger partial charge < -0.3 is 192 Å². The Morgan fingerprint density at radius 3 is 0.272 bits per heavy atom. The van der Waals surface area contributed by atoms with Crippen LogP contribution in [0.15, 0.2) is 72.8 Å². The van der Waals surface area contributed by atoms with E-state index in [4.69, 9.17) is 56.8 Å². The van der Waals surface area contributed by atoms with Crippen LogP contribution in [0.2, 0.25) is 0 Å². The molecule has 0 saturated carbocycles. The Labute approximate surface area is 645 Å². The molecule has 0 aliphatic heterocycles. The number of hydrogen-bond acceptors (Lipinski definition) is 24. The Balaban J connectivity index is -0.00000243. The van der Waals surface area contributed by atoms with Crippen molar-refractivity contribution in [1.82, 2.24) is 73.8 Å². The summed E-state index contributed by atoms with van der Waals surface area (Å²) in [7, 11) is 0. The fourth-order valence-corrected chi connectivity index (χ4v) is 10.0. The van der Waals surface area contributed by atoms with E-state index >= 15 is 0 Å². The molecule has 22 rings (SSSR count). The van der Waals surface area contributed by atoms with E-state index in [9.17, 15) is 119 Å². The van der Waals surface area contributed by atoms with Crippen LogP contribution >= 0.6 is 0 Å². The molecule has 48 nitrogen and oxygen atoms in total. The van der Waals surface area contributed by atoms with Crippen molar-refractivity contribution < 1.29 is 176 Å². The molecule has 636 valence electrons. The van der Waals surface area contributed by atoms with Crippen LogP contribution in [0.25, 0.3) is 0 Å². The lowest BCUT2D eigenvalue weighted by atomic mass is 9.92. The monoisotopic (exact) mass is 1640 g/mol. The van der Waals surface area contributed by atoms with Crippen molar-refractivity contribution in [3.8, 4) is 69.0 Å². The quantitative estimate of drug-likeness (QED) is 0.0179. The first-order valence-corrected chi connectivity index (χ1v) is 29.5. The number of benzene rings is 6. The molecule has 16 aliphatic rings. The molecule has 114 heavy (non-hydrogen) atoms. The van der Waals surface area contributed by atoms with Crippen molar-refractivity contribution in [3.05, 3.63) is 140 Å². The summed E-state index contributed by atoms with van der Waals surface area (Å²) in [6.45, 7) is -13.1. The highest BCUT2D eigenvalue weighted by Crippen LogP contribution is 2.44. The summed E-state index contributed by atoms with van der Waals surface area (Å²) in [5.41, 5.74) is -1.27. The molecule has 0 saturated heterocycles. The van der Waals surface area contributed by atoms with Gasteiger partial charge in [0, 0.05) is 105 Å². The molecule has 0 atom stereocenters. The second-order valence-electron chi connectivity index (χ2n) is 21.7.